The van der Waals surface area contributed by atoms with Crippen LogP contribution < -0.4 is 10.6 Å². The van der Waals surface area contributed by atoms with Gasteiger partial charge in [0.15, 0.2) is 5.96 Å². The molecule has 0 fully saturated rings. The van der Waals surface area contributed by atoms with Gasteiger partial charge in [-0.05, 0) is 26.0 Å². The number of terminal acetylenes is 1. The van der Waals surface area contributed by atoms with E-state index < -0.39 is 0 Å². The summed E-state index contributed by atoms with van der Waals surface area (Å²) in [6.45, 7) is 4.56. The molecule has 0 aliphatic rings. The maximum Gasteiger partial charge on any atom is 0.191 e. The fourth-order valence-corrected chi connectivity index (χ4v) is 2.00. The zero-order chi connectivity index (χ0) is 15.5. The molecular formula is C17H26N4. The predicted molar refractivity (Wildman–Crippen MR) is 90.2 cm³/mol. The summed E-state index contributed by atoms with van der Waals surface area (Å²) in [5, 5.41) is 6.32. The molecule has 0 aliphatic heterocycles. The average molecular weight is 286 g/mol. The molecule has 1 aromatic carbocycles. The molecule has 21 heavy (non-hydrogen) atoms. The van der Waals surface area contributed by atoms with Crippen molar-refractivity contribution in [2.45, 2.75) is 25.9 Å². The Bertz CT molecular complexity index is 461. The maximum atomic E-state index is 5.22. The highest BCUT2D eigenvalue weighted by Crippen LogP contribution is 2.07. The summed E-state index contributed by atoms with van der Waals surface area (Å²) >= 11 is 0. The molecule has 0 bridgehead atoms. The SMILES string of the molecule is C#CCNC(=NC)NCCC(C)N(C)Cc1ccccc1. The van der Waals surface area contributed by atoms with Gasteiger partial charge in [-0.15, -0.1) is 6.42 Å². The number of benzene rings is 1. The van der Waals surface area contributed by atoms with Gasteiger partial charge in [-0.3, -0.25) is 9.89 Å². The van der Waals surface area contributed by atoms with Crippen LogP contribution in [0.25, 0.3) is 0 Å². The highest BCUT2D eigenvalue weighted by Gasteiger charge is 2.09. The number of guanidine groups is 1. The number of aliphatic imine (C=N–C) groups is 1. The first-order valence-electron chi connectivity index (χ1n) is 7.29. The molecule has 0 saturated heterocycles. The number of rotatable bonds is 7. The van der Waals surface area contributed by atoms with Gasteiger partial charge in [-0.25, -0.2) is 0 Å². The standard InChI is InChI=1S/C17H26N4/c1-5-12-19-17(18-3)20-13-11-15(2)21(4)14-16-9-7-6-8-10-16/h1,6-10,15H,11-14H2,2-4H3,(H2,18,19,20). The number of hydrogen-bond donors (Lipinski definition) is 2. The summed E-state index contributed by atoms with van der Waals surface area (Å²) in [4.78, 5) is 6.48. The van der Waals surface area contributed by atoms with Gasteiger partial charge in [0.1, 0.15) is 0 Å². The lowest BCUT2D eigenvalue weighted by molar-refractivity contribution is 0.238. The van der Waals surface area contributed by atoms with Crippen LogP contribution in [0.1, 0.15) is 18.9 Å². The van der Waals surface area contributed by atoms with Gasteiger partial charge >= 0.3 is 0 Å². The van der Waals surface area contributed by atoms with Crippen LogP contribution in [-0.4, -0.2) is 44.1 Å². The number of nitrogens with one attached hydrogen (secondary N) is 2. The zero-order valence-electron chi connectivity index (χ0n) is 13.3. The molecule has 1 aromatic rings. The van der Waals surface area contributed by atoms with E-state index in [4.69, 9.17) is 6.42 Å². The van der Waals surface area contributed by atoms with E-state index in [0.29, 0.717) is 12.6 Å². The monoisotopic (exact) mass is 286 g/mol. The van der Waals surface area contributed by atoms with Crippen molar-refractivity contribution in [2.24, 2.45) is 4.99 Å². The third-order valence-corrected chi connectivity index (χ3v) is 3.46. The molecule has 114 valence electrons. The molecule has 1 rings (SSSR count). The van der Waals surface area contributed by atoms with E-state index in [0.717, 1.165) is 25.5 Å². The van der Waals surface area contributed by atoms with Gasteiger partial charge in [0.05, 0.1) is 6.54 Å². The highest BCUT2D eigenvalue weighted by atomic mass is 15.2. The second kappa shape index (κ2) is 9.84. The van der Waals surface area contributed by atoms with E-state index in [2.05, 4.69) is 64.7 Å². The molecule has 0 spiro atoms. The van der Waals surface area contributed by atoms with Crippen molar-refractivity contribution in [2.75, 3.05) is 27.2 Å². The Balaban J connectivity index is 2.29. The normalized spacial score (nSPS) is 12.8. The van der Waals surface area contributed by atoms with E-state index in [9.17, 15) is 0 Å². The lowest BCUT2D eigenvalue weighted by Crippen LogP contribution is -2.40. The Kier molecular flexibility index (Phi) is 8.00. The zero-order valence-corrected chi connectivity index (χ0v) is 13.3. The van der Waals surface area contributed by atoms with E-state index >= 15 is 0 Å². The molecule has 4 heteroatoms. The van der Waals surface area contributed by atoms with Crippen molar-refractivity contribution in [1.82, 2.24) is 15.5 Å². The largest absolute Gasteiger partial charge is 0.356 e. The highest BCUT2D eigenvalue weighted by molar-refractivity contribution is 5.79. The van der Waals surface area contributed by atoms with Crippen LogP contribution >= 0.6 is 0 Å². The molecular weight excluding hydrogens is 260 g/mol. The van der Waals surface area contributed by atoms with E-state index in [1.54, 1.807) is 7.05 Å². The maximum absolute atomic E-state index is 5.22. The van der Waals surface area contributed by atoms with Crippen LogP contribution in [0.15, 0.2) is 35.3 Å². The fourth-order valence-electron chi connectivity index (χ4n) is 2.00. The van der Waals surface area contributed by atoms with Crippen molar-refractivity contribution in [3.05, 3.63) is 35.9 Å². The number of hydrogen-bond acceptors (Lipinski definition) is 2. The minimum absolute atomic E-state index is 0.489. The Hall–Kier alpha value is -1.99. The number of nitrogens with zero attached hydrogens (tertiary/aromatic N) is 2. The quantitative estimate of drug-likeness (QED) is 0.455. The van der Waals surface area contributed by atoms with E-state index in [-0.39, 0.29) is 0 Å². The molecule has 4 nitrogen and oxygen atoms in total. The first-order chi connectivity index (χ1) is 10.2. The summed E-state index contributed by atoms with van der Waals surface area (Å²) < 4.78 is 0. The van der Waals surface area contributed by atoms with Crippen LogP contribution in [0.5, 0.6) is 0 Å². The third kappa shape index (κ3) is 6.82. The Labute approximate surface area is 128 Å². The third-order valence-electron chi connectivity index (χ3n) is 3.46. The van der Waals surface area contributed by atoms with Crippen molar-refractivity contribution in [3.63, 3.8) is 0 Å². The van der Waals surface area contributed by atoms with Crippen LogP contribution in [0, 0.1) is 12.3 Å². The predicted octanol–water partition coefficient (Wildman–Crippen LogP) is 1.70. The summed E-state index contributed by atoms with van der Waals surface area (Å²) in [5.41, 5.74) is 1.34. The molecule has 2 N–H and O–H groups in total. The fraction of sp³-hybridized carbons (Fsp3) is 0.471. The van der Waals surface area contributed by atoms with Crippen molar-refractivity contribution in [3.8, 4) is 12.3 Å². The molecule has 0 aromatic heterocycles. The Morgan fingerprint density at radius 1 is 1.33 bits per heavy atom. The molecule has 0 radical (unpaired) electrons. The first kappa shape index (κ1) is 17.1. The van der Waals surface area contributed by atoms with Crippen LogP contribution in [0.2, 0.25) is 0 Å². The molecule has 0 saturated carbocycles. The first-order valence-corrected chi connectivity index (χ1v) is 7.29. The topological polar surface area (TPSA) is 39.7 Å². The minimum atomic E-state index is 0.489. The van der Waals surface area contributed by atoms with E-state index in [1.165, 1.54) is 5.56 Å². The van der Waals surface area contributed by atoms with Crippen LogP contribution in [0.4, 0.5) is 0 Å². The summed E-state index contributed by atoms with van der Waals surface area (Å²) in [6, 6.07) is 11.0. The van der Waals surface area contributed by atoms with Crippen LogP contribution in [0.3, 0.4) is 0 Å². The Morgan fingerprint density at radius 2 is 2.05 bits per heavy atom. The molecule has 0 heterocycles. The van der Waals surface area contributed by atoms with E-state index in [1.807, 2.05) is 6.07 Å². The van der Waals surface area contributed by atoms with Gasteiger partial charge in [0.2, 0.25) is 0 Å². The summed E-state index contributed by atoms with van der Waals surface area (Å²) in [6.07, 6.45) is 6.26. The Morgan fingerprint density at radius 3 is 2.67 bits per heavy atom. The average Bonchev–Trinajstić information content (AvgIpc) is 2.51. The second-order valence-electron chi connectivity index (χ2n) is 5.10. The second-order valence-corrected chi connectivity index (χ2v) is 5.10. The minimum Gasteiger partial charge on any atom is -0.356 e. The molecule has 1 atom stereocenters. The smallest absolute Gasteiger partial charge is 0.191 e. The van der Waals surface area contributed by atoms with Crippen molar-refractivity contribution in [1.29, 1.82) is 0 Å². The van der Waals surface area contributed by atoms with Gasteiger partial charge in [0.25, 0.3) is 0 Å². The van der Waals surface area contributed by atoms with Crippen LogP contribution in [-0.2, 0) is 6.54 Å². The molecule has 0 aliphatic carbocycles. The lowest BCUT2D eigenvalue weighted by atomic mass is 10.1. The summed E-state index contributed by atoms with van der Waals surface area (Å²) in [7, 11) is 3.90. The lowest BCUT2D eigenvalue weighted by Gasteiger charge is -2.25. The van der Waals surface area contributed by atoms with Gasteiger partial charge in [0, 0.05) is 26.2 Å². The van der Waals surface area contributed by atoms with Gasteiger partial charge in [-0.1, -0.05) is 36.3 Å². The molecule has 0 amide bonds. The summed E-state index contributed by atoms with van der Waals surface area (Å²) in [5.74, 6) is 3.29. The van der Waals surface area contributed by atoms with Gasteiger partial charge < -0.3 is 10.6 Å². The van der Waals surface area contributed by atoms with Gasteiger partial charge in [-0.2, -0.15) is 0 Å². The van der Waals surface area contributed by atoms with Crippen molar-refractivity contribution < 1.29 is 0 Å². The molecule has 1 unspecified atom stereocenters. The van der Waals surface area contributed by atoms with Crippen molar-refractivity contribution >= 4 is 5.96 Å².